The maximum atomic E-state index is 10.4. The molecule has 0 heterocycles. The fraction of sp³-hybridized carbons (Fsp3) is 0.429. The maximum absolute atomic E-state index is 10.4. The van der Waals surface area contributed by atoms with Crippen LogP contribution in [0.2, 0.25) is 0 Å². The molecule has 25 heavy (non-hydrogen) atoms. The normalized spacial score (nSPS) is 19.1. The van der Waals surface area contributed by atoms with Crippen LogP contribution in [0.15, 0.2) is 42.5 Å². The summed E-state index contributed by atoms with van der Waals surface area (Å²) in [5.74, 6) is 1.97. The highest BCUT2D eigenvalue weighted by atomic mass is 16.5. The van der Waals surface area contributed by atoms with E-state index in [0.717, 1.165) is 17.1 Å². The van der Waals surface area contributed by atoms with Gasteiger partial charge in [-0.3, -0.25) is 0 Å². The summed E-state index contributed by atoms with van der Waals surface area (Å²) >= 11 is 0. The molecule has 1 aliphatic rings. The van der Waals surface area contributed by atoms with Gasteiger partial charge in [0, 0.05) is 13.0 Å². The van der Waals surface area contributed by atoms with Gasteiger partial charge in [0.2, 0.25) is 0 Å². The van der Waals surface area contributed by atoms with Crippen molar-refractivity contribution in [2.45, 2.75) is 39.0 Å². The Morgan fingerprint density at radius 1 is 1.16 bits per heavy atom. The van der Waals surface area contributed by atoms with Gasteiger partial charge in [0.25, 0.3) is 0 Å². The van der Waals surface area contributed by atoms with Crippen molar-refractivity contribution in [1.82, 2.24) is 5.32 Å². The van der Waals surface area contributed by atoms with E-state index in [4.69, 9.17) is 9.47 Å². The first kappa shape index (κ1) is 17.8. The average Bonchev–Trinajstić information content (AvgIpc) is 2.93. The number of hydrogen-bond acceptors (Lipinski definition) is 4. The second kappa shape index (κ2) is 7.89. The van der Waals surface area contributed by atoms with Crippen molar-refractivity contribution in [3.8, 4) is 11.5 Å². The van der Waals surface area contributed by atoms with Gasteiger partial charge in [-0.05, 0) is 34.7 Å². The van der Waals surface area contributed by atoms with Gasteiger partial charge in [0.15, 0.2) is 11.5 Å². The quantitative estimate of drug-likeness (QED) is 0.809. The summed E-state index contributed by atoms with van der Waals surface area (Å²) in [5.41, 5.74) is 3.53. The smallest absolute Gasteiger partial charge is 0.161 e. The lowest BCUT2D eigenvalue weighted by Gasteiger charge is -2.19. The van der Waals surface area contributed by atoms with Crippen LogP contribution in [0, 0.1) is 5.92 Å². The molecule has 0 saturated heterocycles. The van der Waals surface area contributed by atoms with Crippen LogP contribution in [0.1, 0.15) is 36.6 Å². The van der Waals surface area contributed by atoms with E-state index in [2.05, 4.69) is 31.3 Å². The Morgan fingerprint density at radius 2 is 1.96 bits per heavy atom. The number of hydrogen-bond donors (Lipinski definition) is 2. The fourth-order valence-corrected chi connectivity index (χ4v) is 3.25. The van der Waals surface area contributed by atoms with Gasteiger partial charge in [-0.25, -0.2) is 0 Å². The zero-order valence-corrected chi connectivity index (χ0v) is 15.2. The van der Waals surface area contributed by atoms with Gasteiger partial charge in [-0.15, -0.1) is 0 Å². The summed E-state index contributed by atoms with van der Waals surface area (Å²) < 4.78 is 11.3. The monoisotopic (exact) mass is 341 g/mol. The minimum Gasteiger partial charge on any atom is -0.493 e. The number of rotatable bonds is 7. The number of nitrogens with one attached hydrogen (secondary N) is 1. The molecule has 0 aromatic heterocycles. The minimum atomic E-state index is -0.382. The maximum Gasteiger partial charge on any atom is 0.161 e. The molecule has 4 nitrogen and oxygen atoms in total. The van der Waals surface area contributed by atoms with Gasteiger partial charge in [-0.1, -0.05) is 44.2 Å². The van der Waals surface area contributed by atoms with Crippen LogP contribution >= 0.6 is 0 Å². The molecule has 2 atom stereocenters. The summed E-state index contributed by atoms with van der Waals surface area (Å²) in [5, 5.41) is 13.9. The van der Waals surface area contributed by atoms with Crippen LogP contribution in [0.5, 0.6) is 11.5 Å². The molecule has 0 bridgehead atoms. The molecule has 0 aliphatic heterocycles. The Morgan fingerprint density at radius 3 is 2.72 bits per heavy atom. The zero-order valence-electron chi connectivity index (χ0n) is 15.2. The standard InChI is InChI=1S/C21H27NO3/c1-14(2)13-25-20-10-15(8-9-19(20)24-3)12-22-21-17-7-5-4-6-16(17)11-18(21)23/h4-10,14,18,21-23H,11-13H2,1-3H3/t18-,21+/m0/s1. The third-order valence-electron chi connectivity index (χ3n) is 4.53. The lowest BCUT2D eigenvalue weighted by Crippen LogP contribution is -2.28. The van der Waals surface area contributed by atoms with E-state index in [1.54, 1.807) is 7.11 Å². The number of ether oxygens (including phenoxy) is 2. The summed E-state index contributed by atoms with van der Waals surface area (Å²) in [7, 11) is 1.65. The van der Waals surface area contributed by atoms with Crippen LogP contribution in [-0.4, -0.2) is 24.9 Å². The molecule has 3 rings (SSSR count). The molecule has 0 spiro atoms. The minimum absolute atomic E-state index is 0.0293. The molecule has 1 aliphatic carbocycles. The highest BCUT2D eigenvalue weighted by Gasteiger charge is 2.30. The van der Waals surface area contributed by atoms with Gasteiger partial charge >= 0.3 is 0 Å². The Kier molecular flexibility index (Phi) is 5.61. The van der Waals surface area contributed by atoms with Gasteiger partial charge < -0.3 is 19.9 Å². The van der Waals surface area contributed by atoms with Crippen LogP contribution < -0.4 is 14.8 Å². The first-order valence-electron chi connectivity index (χ1n) is 8.87. The van der Waals surface area contributed by atoms with E-state index in [0.29, 0.717) is 25.5 Å². The van der Waals surface area contributed by atoms with E-state index in [1.165, 1.54) is 11.1 Å². The van der Waals surface area contributed by atoms with Gasteiger partial charge in [0.1, 0.15) is 0 Å². The Hall–Kier alpha value is -2.04. The number of aliphatic hydroxyl groups excluding tert-OH is 1. The largest absolute Gasteiger partial charge is 0.493 e. The number of methoxy groups -OCH3 is 1. The van der Waals surface area contributed by atoms with E-state index >= 15 is 0 Å². The fourth-order valence-electron chi connectivity index (χ4n) is 3.25. The molecule has 0 amide bonds. The summed E-state index contributed by atoms with van der Waals surface area (Å²) in [6.07, 6.45) is 0.325. The summed E-state index contributed by atoms with van der Waals surface area (Å²) in [4.78, 5) is 0. The van der Waals surface area contributed by atoms with Crippen LogP contribution in [-0.2, 0) is 13.0 Å². The van der Waals surface area contributed by atoms with Crippen molar-refractivity contribution in [2.24, 2.45) is 5.92 Å². The first-order chi connectivity index (χ1) is 12.1. The third kappa shape index (κ3) is 4.14. The molecule has 0 saturated carbocycles. The average molecular weight is 341 g/mol. The van der Waals surface area contributed by atoms with Crippen molar-refractivity contribution in [3.63, 3.8) is 0 Å². The topological polar surface area (TPSA) is 50.7 Å². The predicted octanol–water partition coefficient (Wildman–Crippen LogP) is 3.48. The molecule has 2 N–H and O–H groups in total. The molecule has 4 heteroatoms. The molecule has 2 aromatic rings. The predicted molar refractivity (Wildman–Crippen MR) is 99.1 cm³/mol. The van der Waals surface area contributed by atoms with E-state index in [1.807, 2.05) is 30.3 Å². The molecule has 2 aromatic carbocycles. The van der Waals surface area contributed by atoms with Crippen LogP contribution in [0.4, 0.5) is 0 Å². The Labute approximate surface area is 149 Å². The zero-order chi connectivity index (χ0) is 17.8. The summed E-state index contributed by atoms with van der Waals surface area (Å²) in [6, 6.07) is 14.2. The molecular weight excluding hydrogens is 314 g/mol. The highest BCUT2D eigenvalue weighted by Crippen LogP contribution is 2.32. The first-order valence-corrected chi connectivity index (χ1v) is 8.87. The van der Waals surface area contributed by atoms with Crippen LogP contribution in [0.3, 0.4) is 0 Å². The molecule has 134 valence electrons. The van der Waals surface area contributed by atoms with Gasteiger partial charge in [0.05, 0.1) is 25.9 Å². The second-order valence-electron chi connectivity index (χ2n) is 7.02. The molecular formula is C21H27NO3. The van der Waals surface area contributed by atoms with E-state index in [9.17, 15) is 5.11 Å². The van der Waals surface area contributed by atoms with E-state index in [-0.39, 0.29) is 12.1 Å². The summed E-state index contributed by atoms with van der Waals surface area (Å²) in [6.45, 7) is 5.56. The second-order valence-corrected chi connectivity index (χ2v) is 7.02. The van der Waals surface area contributed by atoms with Crippen molar-refractivity contribution in [3.05, 3.63) is 59.2 Å². The van der Waals surface area contributed by atoms with Gasteiger partial charge in [-0.2, -0.15) is 0 Å². The van der Waals surface area contributed by atoms with Crippen molar-refractivity contribution in [2.75, 3.05) is 13.7 Å². The Balaban J connectivity index is 1.70. The SMILES string of the molecule is COc1ccc(CN[C@@H]2c3ccccc3C[C@@H]2O)cc1OCC(C)C. The number of fused-ring (bicyclic) bond motifs is 1. The Bertz CT molecular complexity index is 714. The number of aliphatic hydroxyl groups is 1. The molecule has 0 unspecified atom stereocenters. The molecule has 0 radical (unpaired) electrons. The van der Waals surface area contributed by atoms with Crippen molar-refractivity contribution in [1.29, 1.82) is 0 Å². The van der Waals surface area contributed by atoms with E-state index < -0.39 is 0 Å². The third-order valence-corrected chi connectivity index (χ3v) is 4.53. The lowest BCUT2D eigenvalue weighted by atomic mass is 10.1. The van der Waals surface area contributed by atoms with Crippen LogP contribution in [0.25, 0.3) is 0 Å². The highest BCUT2D eigenvalue weighted by molar-refractivity contribution is 5.43. The lowest BCUT2D eigenvalue weighted by molar-refractivity contribution is 0.140. The van der Waals surface area contributed by atoms with Crippen molar-refractivity contribution < 1.29 is 14.6 Å². The number of benzene rings is 2. The van der Waals surface area contributed by atoms with Crippen molar-refractivity contribution >= 4 is 0 Å². The molecule has 0 fully saturated rings.